The maximum Gasteiger partial charge on any atom is 0.318 e. The van der Waals surface area contributed by atoms with Crippen LogP contribution in [0.15, 0.2) is 65.9 Å². The molecule has 13 nitrogen and oxygen atoms in total. The lowest BCUT2D eigenvalue weighted by molar-refractivity contribution is -0.394. The van der Waals surface area contributed by atoms with Crippen molar-refractivity contribution in [2.45, 2.75) is 0 Å². The van der Waals surface area contributed by atoms with E-state index in [1.54, 1.807) is 12.1 Å². The van der Waals surface area contributed by atoms with Crippen LogP contribution in [0.5, 0.6) is 11.5 Å². The molecule has 1 heterocycles. The summed E-state index contributed by atoms with van der Waals surface area (Å²) in [5.41, 5.74) is 2.19. The molecule has 0 unspecified atom stereocenters. The average Bonchev–Trinajstić information content (AvgIpc) is 2.75. The van der Waals surface area contributed by atoms with E-state index in [1.165, 1.54) is 30.5 Å². The number of pyridine rings is 1. The fourth-order valence-electron chi connectivity index (χ4n) is 2.33. The Hall–Kier alpha value is -4.94. The van der Waals surface area contributed by atoms with E-state index < -0.39 is 26.1 Å². The van der Waals surface area contributed by atoms with E-state index in [4.69, 9.17) is 4.74 Å². The van der Waals surface area contributed by atoms with Gasteiger partial charge in [-0.1, -0.05) is 0 Å². The van der Waals surface area contributed by atoms with Gasteiger partial charge in [0.15, 0.2) is 0 Å². The quantitative estimate of drug-likeness (QED) is 0.317. The number of hydrazone groups is 1. The first-order valence-corrected chi connectivity index (χ1v) is 8.44. The van der Waals surface area contributed by atoms with Gasteiger partial charge in [0.25, 0.3) is 11.4 Å². The van der Waals surface area contributed by atoms with Crippen LogP contribution in [0.4, 0.5) is 22.9 Å². The zero-order valence-electron chi connectivity index (χ0n) is 15.4. The Bertz CT molecular complexity index is 1160. The molecule has 0 aliphatic rings. The number of benzene rings is 2. The predicted octanol–water partition coefficient (Wildman–Crippen LogP) is 4.04. The SMILES string of the molecule is O=[N+]([O-])c1ccc(NN=Cc2ccc(Oc3ccc([N+](=O)[O-])cc3[N+](=O)[O-])cc2)nc1. The highest BCUT2D eigenvalue weighted by molar-refractivity contribution is 5.80. The van der Waals surface area contributed by atoms with Crippen LogP contribution in [0.2, 0.25) is 0 Å². The number of hydrogen-bond donors (Lipinski definition) is 1. The van der Waals surface area contributed by atoms with Crippen LogP contribution in [0.1, 0.15) is 5.56 Å². The van der Waals surface area contributed by atoms with E-state index in [9.17, 15) is 30.3 Å². The average molecular weight is 424 g/mol. The van der Waals surface area contributed by atoms with Crippen LogP contribution in [0.3, 0.4) is 0 Å². The number of nitro groups is 3. The fourth-order valence-corrected chi connectivity index (χ4v) is 2.33. The minimum absolute atomic E-state index is 0.136. The lowest BCUT2D eigenvalue weighted by atomic mass is 10.2. The number of rotatable bonds is 8. The summed E-state index contributed by atoms with van der Waals surface area (Å²) in [6.07, 6.45) is 2.56. The maximum atomic E-state index is 11.2. The van der Waals surface area contributed by atoms with Gasteiger partial charge in [0.2, 0.25) is 5.75 Å². The molecular formula is C18H12N6O7. The Kier molecular flexibility index (Phi) is 6.06. The number of nitrogens with zero attached hydrogens (tertiary/aromatic N) is 5. The van der Waals surface area contributed by atoms with Crippen LogP contribution in [-0.2, 0) is 0 Å². The first kappa shape index (κ1) is 20.8. The summed E-state index contributed by atoms with van der Waals surface area (Å²) in [6, 6.07) is 12.1. The van der Waals surface area contributed by atoms with Crippen molar-refractivity contribution in [1.29, 1.82) is 0 Å². The molecule has 0 saturated heterocycles. The second-order valence-electron chi connectivity index (χ2n) is 5.87. The minimum Gasteiger partial charge on any atom is -0.450 e. The second-order valence-corrected chi connectivity index (χ2v) is 5.87. The third-order valence-electron chi connectivity index (χ3n) is 3.81. The smallest absolute Gasteiger partial charge is 0.318 e. The van der Waals surface area contributed by atoms with Gasteiger partial charge in [-0.3, -0.25) is 35.8 Å². The number of nitrogens with one attached hydrogen (secondary N) is 1. The lowest BCUT2D eigenvalue weighted by Gasteiger charge is -2.06. The van der Waals surface area contributed by atoms with E-state index in [2.05, 4.69) is 15.5 Å². The largest absolute Gasteiger partial charge is 0.450 e. The molecule has 0 fully saturated rings. The summed E-state index contributed by atoms with van der Waals surface area (Å²) in [4.78, 5) is 34.4. The Labute approximate surface area is 173 Å². The topological polar surface area (TPSA) is 176 Å². The summed E-state index contributed by atoms with van der Waals surface area (Å²) < 4.78 is 5.48. The Morgan fingerprint density at radius 2 is 1.55 bits per heavy atom. The zero-order valence-corrected chi connectivity index (χ0v) is 15.4. The molecule has 13 heteroatoms. The Balaban J connectivity index is 1.66. The first-order valence-electron chi connectivity index (χ1n) is 8.44. The van der Waals surface area contributed by atoms with Gasteiger partial charge in [0.05, 0.1) is 27.1 Å². The third-order valence-corrected chi connectivity index (χ3v) is 3.81. The standard InChI is InChI=1S/C18H12N6O7/c25-22(26)13-3-7-17(16(9-13)24(29)30)31-15-5-1-12(2-6-15)10-20-21-18-8-4-14(11-19-18)23(27)28/h1-11H,(H,19,21). The molecule has 0 amide bonds. The Morgan fingerprint density at radius 3 is 2.13 bits per heavy atom. The number of aromatic nitrogens is 1. The zero-order chi connectivity index (χ0) is 22.4. The summed E-state index contributed by atoms with van der Waals surface area (Å²) in [5, 5.41) is 36.5. The molecule has 0 atom stereocenters. The van der Waals surface area contributed by atoms with Gasteiger partial charge >= 0.3 is 5.69 Å². The molecule has 156 valence electrons. The lowest BCUT2D eigenvalue weighted by Crippen LogP contribution is -1.96. The van der Waals surface area contributed by atoms with Crippen LogP contribution in [0.25, 0.3) is 0 Å². The highest BCUT2D eigenvalue weighted by Gasteiger charge is 2.21. The summed E-state index contributed by atoms with van der Waals surface area (Å²) >= 11 is 0. The van der Waals surface area contributed by atoms with E-state index in [0.29, 0.717) is 11.4 Å². The molecule has 0 saturated carbocycles. The molecule has 3 rings (SSSR count). The van der Waals surface area contributed by atoms with Crippen molar-refractivity contribution < 1.29 is 19.5 Å². The van der Waals surface area contributed by atoms with Crippen LogP contribution in [-0.4, -0.2) is 26.0 Å². The van der Waals surface area contributed by atoms with Crippen LogP contribution >= 0.6 is 0 Å². The minimum atomic E-state index is -0.763. The highest BCUT2D eigenvalue weighted by atomic mass is 16.6. The summed E-state index contributed by atoms with van der Waals surface area (Å²) in [6.45, 7) is 0. The molecule has 0 bridgehead atoms. The van der Waals surface area contributed by atoms with Crippen molar-refractivity contribution in [3.63, 3.8) is 0 Å². The van der Waals surface area contributed by atoms with E-state index in [0.717, 1.165) is 24.4 Å². The molecule has 2 aromatic carbocycles. The molecular weight excluding hydrogens is 412 g/mol. The molecule has 31 heavy (non-hydrogen) atoms. The molecule has 1 N–H and O–H groups in total. The van der Waals surface area contributed by atoms with Crippen molar-refractivity contribution in [2.75, 3.05) is 5.43 Å². The first-order chi connectivity index (χ1) is 14.8. The predicted molar refractivity (Wildman–Crippen MR) is 108 cm³/mol. The van der Waals surface area contributed by atoms with Gasteiger partial charge in [0.1, 0.15) is 17.8 Å². The highest BCUT2D eigenvalue weighted by Crippen LogP contribution is 2.34. The number of non-ortho nitro benzene ring substituents is 1. The van der Waals surface area contributed by atoms with Crippen molar-refractivity contribution in [3.05, 3.63) is 96.7 Å². The van der Waals surface area contributed by atoms with Crippen LogP contribution < -0.4 is 10.2 Å². The summed E-state index contributed by atoms with van der Waals surface area (Å²) in [7, 11) is 0. The van der Waals surface area contributed by atoms with Gasteiger partial charge in [0, 0.05) is 12.1 Å². The monoisotopic (exact) mass is 424 g/mol. The maximum absolute atomic E-state index is 11.2. The van der Waals surface area contributed by atoms with Gasteiger partial charge in [-0.25, -0.2) is 4.98 Å². The second kappa shape index (κ2) is 9.04. The van der Waals surface area contributed by atoms with Crippen molar-refractivity contribution in [3.8, 4) is 11.5 Å². The number of hydrogen-bond acceptors (Lipinski definition) is 10. The molecule has 0 aliphatic heterocycles. The normalized spacial score (nSPS) is 10.6. The van der Waals surface area contributed by atoms with Crippen molar-refractivity contribution >= 4 is 29.1 Å². The van der Waals surface area contributed by atoms with E-state index >= 15 is 0 Å². The molecule has 0 radical (unpaired) electrons. The number of ether oxygens (including phenoxy) is 1. The number of anilines is 1. The molecule has 1 aromatic heterocycles. The number of nitro benzene ring substituents is 2. The van der Waals surface area contributed by atoms with Crippen LogP contribution in [0, 0.1) is 30.3 Å². The Morgan fingerprint density at radius 1 is 0.871 bits per heavy atom. The van der Waals surface area contributed by atoms with Gasteiger partial charge in [-0.2, -0.15) is 5.10 Å². The summed E-state index contributed by atoms with van der Waals surface area (Å²) in [5.74, 6) is 0.453. The third kappa shape index (κ3) is 5.32. The van der Waals surface area contributed by atoms with Gasteiger partial charge in [-0.05, 0) is 42.0 Å². The molecule has 0 spiro atoms. The van der Waals surface area contributed by atoms with E-state index in [1.807, 2.05) is 0 Å². The fraction of sp³-hybridized carbons (Fsp3) is 0. The van der Waals surface area contributed by atoms with Gasteiger partial charge < -0.3 is 4.74 Å². The molecule has 0 aliphatic carbocycles. The van der Waals surface area contributed by atoms with Crippen molar-refractivity contribution in [2.24, 2.45) is 5.10 Å². The van der Waals surface area contributed by atoms with Gasteiger partial charge in [-0.15, -0.1) is 0 Å². The van der Waals surface area contributed by atoms with E-state index in [-0.39, 0.29) is 17.2 Å². The molecule has 3 aromatic rings. The van der Waals surface area contributed by atoms with Crippen molar-refractivity contribution in [1.82, 2.24) is 4.98 Å².